The molecule has 1 rings (SSSR count). The first-order valence-electron chi connectivity index (χ1n) is 7.44. The van der Waals surface area contributed by atoms with E-state index in [2.05, 4.69) is 5.32 Å². The summed E-state index contributed by atoms with van der Waals surface area (Å²) in [7, 11) is 0. The fraction of sp³-hybridized carbons (Fsp3) is 0.500. The summed E-state index contributed by atoms with van der Waals surface area (Å²) in [6.45, 7) is 7.13. The Hall–Kier alpha value is -2.48. The molecule has 0 bridgehead atoms. The Morgan fingerprint density at radius 2 is 2.00 bits per heavy atom. The average Bonchev–Trinajstić information content (AvgIpc) is 2.44. The van der Waals surface area contributed by atoms with E-state index in [1.807, 2.05) is 20.8 Å². The number of nitrogens with zero attached hydrogens (tertiary/aromatic N) is 1. The number of carbonyl (C=O) groups excluding carboxylic acids is 1. The zero-order valence-corrected chi connectivity index (χ0v) is 14.2. The van der Waals surface area contributed by atoms with Crippen molar-refractivity contribution in [2.45, 2.75) is 45.8 Å². The van der Waals surface area contributed by atoms with Gasteiger partial charge in [-0.25, -0.2) is 4.79 Å². The molecule has 2 N–H and O–H groups in total. The monoisotopic (exact) mass is 338 g/mol. The molecular formula is C16H22N2O6. The normalized spacial score (nSPS) is 12.5. The first kappa shape index (κ1) is 19.6. The van der Waals surface area contributed by atoms with Crippen molar-refractivity contribution in [3.05, 3.63) is 39.4 Å². The number of nitrogens with one attached hydrogen (secondary N) is 1. The minimum Gasteiger partial charge on any atom is -0.480 e. The fourth-order valence-electron chi connectivity index (χ4n) is 2.04. The summed E-state index contributed by atoms with van der Waals surface area (Å²) in [6.07, 6.45) is 0.0896. The Bertz CT molecular complexity index is 636. The summed E-state index contributed by atoms with van der Waals surface area (Å²) in [6, 6.07) is 2.96. The van der Waals surface area contributed by atoms with E-state index in [0.29, 0.717) is 0 Å². The quantitative estimate of drug-likeness (QED) is 0.581. The van der Waals surface area contributed by atoms with E-state index in [9.17, 15) is 24.8 Å². The van der Waals surface area contributed by atoms with Gasteiger partial charge in [0.25, 0.3) is 11.6 Å². The minimum atomic E-state index is -1.19. The number of hydrogen-bond donors (Lipinski definition) is 2. The smallest absolute Gasteiger partial charge is 0.326 e. The molecule has 1 amide bonds. The van der Waals surface area contributed by atoms with Crippen LogP contribution < -0.4 is 5.32 Å². The molecule has 1 aromatic carbocycles. The number of ether oxygens (including phenoxy) is 1. The van der Waals surface area contributed by atoms with Gasteiger partial charge in [0.05, 0.1) is 10.5 Å². The van der Waals surface area contributed by atoms with Crippen LogP contribution in [0.4, 0.5) is 5.69 Å². The molecule has 0 fully saturated rings. The number of carboxylic acid groups (broad SMARTS) is 1. The maximum atomic E-state index is 12.3. The molecule has 0 heterocycles. The molecular weight excluding hydrogens is 316 g/mol. The highest BCUT2D eigenvalue weighted by Crippen LogP contribution is 2.21. The Kier molecular flexibility index (Phi) is 6.42. The molecule has 0 aromatic heterocycles. The highest BCUT2D eigenvalue weighted by Gasteiger charge is 2.24. The molecule has 0 aliphatic rings. The van der Waals surface area contributed by atoms with E-state index in [1.54, 1.807) is 0 Å². The topological polar surface area (TPSA) is 119 Å². The van der Waals surface area contributed by atoms with Gasteiger partial charge in [0.2, 0.25) is 0 Å². The van der Waals surface area contributed by atoms with Crippen molar-refractivity contribution < 1.29 is 24.4 Å². The molecule has 132 valence electrons. The molecule has 0 aliphatic carbocycles. The molecule has 1 atom stereocenters. The van der Waals surface area contributed by atoms with Gasteiger partial charge in [0, 0.05) is 30.2 Å². The molecule has 8 heteroatoms. The Labute approximate surface area is 140 Å². The van der Waals surface area contributed by atoms with Crippen molar-refractivity contribution in [1.29, 1.82) is 0 Å². The highest BCUT2D eigenvalue weighted by atomic mass is 16.6. The average molecular weight is 338 g/mol. The van der Waals surface area contributed by atoms with Crippen LogP contribution in [0.15, 0.2) is 18.2 Å². The van der Waals surface area contributed by atoms with Gasteiger partial charge in [-0.1, -0.05) is 6.07 Å². The Morgan fingerprint density at radius 3 is 2.50 bits per heavy atom. The third-order valence-corrected chi connectivity index (χ3v) is 3.29. The van der Waals surface area contributed by atoms with E-state index in [-0.39, 0.29) is 29.8 Å². The number of benzene rings is 1. The summed E-state index contributed by atoms with van der Waals surface area (Å²) in [5, 5.41) is 22.5. The van der Waals surface area contributed by atoms with Gasteiger partial charge >= 0.3 is 5.97 Å². The van der Waals surface area contributed by atoms with Gasteiger partial charge in [-0.05, 0) is 33.8 Å². The van der Waals surface area contributed by atoms with Crippen LogP contribution in [0.25, 0.3) is 0 Å². The zero-order chi connectivity index (χ0) is 18.5. The molecule has 0 radical (unpaired) electrons. The fourth-order valence-corrected chi connectivity index (χ4v) is 2.04. The van der Waals surface area contributed by atoms with Crippen molar-refractivity contribution >= 4 is 17.6 Å². The molecule has 0 aliphatic heterocycles. The molecule has 1 aromatic rings. The van der Waals surface area contributed by atoms with Gasteiger partial charge in [-0.15, -0.1) is 0 Å². The second-order valence-corrected chi connectivity index (χ2v) is 6.32. The SMILES string of the molecule is Cc1c(C(=O)NC(CCOC(C)(C)C)C(=O)O)cccc1[N+](=O)[O-]. The number of amides is 1. The van der Waals surface area contributed by atoms with Crippen LogP contribution in [0.2, 0.25) is 0 Å². The van der Waals surface area contributed by atoms with Gasteiger partial charge in [-0.2, -0.15) is 0 Å². The second-order valence-electron chi connectivity index (χ2n) is 6.32. The van der Waals surface area contributed by atoms with Crippen LogP contribution in [0, 0.1) is 17.0 Å². The zero-order valence-electron chi connectivity index (χ0n) is 14.2. The molecule has 1 unspecified atom stereocenters. The summed E-state index contributed by atoms with van der Waals surface area (Å²) >= 11 is 0. The van der Waals surface area contributed by atoms with E-state index in [1.165, 1.54) is 25.1 Å². The largest absolute Gasteiger partial charge is 0.480 e. The van der Waals surface area contributed by atoms with E-state index in [4.69, 9.17) is 4.74 Å². The first-order chi connectivity index (χ1) is 11.0. The molecule has 0 spiro atoms. The maximum Gasteiger partial charge on any atom is 0.326 e. The van der Waals surface area contributed by atoms with Crippen molar-refractivity contribution in [3.8, 4) is 0 Å². The molecule has 0 saturated carbocycles. The van der Waals surface area contributed by atoms with Gasteiger partial charge in [0.1, 0.15) is 6.04 Å². The summed E-state index contributed by atoms with van der Waals surface area (Å²) in [5.74, 6) is -1.86. The Balaban J connectivity index is 2.85. The van der Waals surface area contributed by atoms with Crippen molar-refractivity contribution in [2.24, 2.45) is 0 Å². The number of carbonyl (C=O) groups is 2. The van der Waals surface area contributed by atoms with Crippen molar-refractivity contribution in [2.75, 3.05) is 6.61 Å². The number of nitro groups is 1. The Morgan fingerprint density at radius 1 is 1.38 bits per heavy atom. The lowest BCUT2D eigenvalue weighted by Crippen LogP contribution is -2.42. The summed E-state index contributed by atoms with van der Waals surface area (Å²) < 4.78 is 5.47. The van der Waals surface area contributed by atoms with Crippen LogP contribution in [0.5, 0.6) is 0 Å². The van der Waals surface area contributed by atoms with E-state index < -0.39 is 28.4 Å². The van der Waals surface area contributed by atoms with Crippen LogP contribution in [0.1, 0.15) is 43.1 Å². The van der Waals surface area contributed by atoms with E-state index >= 15 is 0 Å². The molecule has 0 saturated heterocycles. The maximum absolute atomic E-state index is 12.3. The number of nitro benzene ring substituents is 1. The third-order valence-electron chi connectivity index (χ3n) is 3.29. The predicted molar refractivity (Wildman–Crippen MR) is 87.0 cm³/mol. The number of hydrogen-bond acceptors (Lipinski definition) is 5. The third kappa shape index (κ3) is 5.62. The van der Waals surface area contributed by atoms with Gasteiger partial charge in [0.15, 0.2) is 0 Å². The lowest BCUT2D eigenvalue weighted by atomic mass is 10.1. The van der Waals surface area contributed by atoms with Crippen LogP contribution in [0.3, 0.4) is 0 Å². The lowest BCUT2D eigenvalue weighted by molar-refractivity contribution is -0.385. The number of carboxylic acids is 1. The first-order valence-corrected chi connectivity index (χ1v) is 7.44. The number of rotatable bonds is 7. The minimum absolute atomic E-state index is 0.0761. The van der Waals surface area contributed by atoms with Crippen LogP contribution in [-0.4, -0.2) is 40.2 Å². The molecule has 8 nitrogen and oxygen atoms in total. The predicted octanol–water partition coefficient (Wildman–Crippen LogP) is 2.29. The second kappa shape index (κ2) is 7.87. The van der Waals surface area contributed by atoms with Gasteiger partial charge < -0.3 is 15.2 Å². The summed E-state index contributed by atoms with van der Waals surface area (Å²) in [5.41, 5.74) is -0.336. The van der Waals surface area contributed by atoms with Gasteiger partial charge in [-0.3, -0.25) is 14.9 Å². The number of aliphatic carboxylic acids is 1. The van der Waals surface area contributed by atoms with Crippen molar-refractivity contribution in [3.63, 3.8) is 0 Å². The van der Waals surface area contributed by atoms with E-state index in [0.717, 1.165) is 0 Å². The standard InChI is InChI=1S/C16H22N2O6/c1-10-11(6-5-7-13(10)18(22)23)14(19)17-12(15(20)21)8-9-24-16(2,3)4/h5-7,12H,8-9H2,1-4H3,(H,17,19)(H,20,21). The molecule has 24 heavy (non-hydrogen) atoms. The lowest BCUT2D eigenvalue weighted by Gasteiger charge is -2.21. The van der Waals surface area contributed by atoms with Crippen LogP contribution in [-0.2, 0) is 9.53 Å². The summed E-state index contributed by atoms with van der Waals surface area (Å²) in [4.78, 5) is 33.9. The van der Waals surface area contributed by atoms with Crippen molar-refractivity contribution in [1.82, 2.24) is 5.32 Å². The highest BCUT2D eigenvalue weighted by molar-refractivity contribution is 5.98. The van der Waals surface area contributed by atoms with Crippen LogP contribution >= 0.6 is 0 Å².